The molecule has 0 atom stereocenters. The molecule has 1 fully saturated rings. The fourth-order valence-corrected chi connectivity index (χ4v) is 3.27. The highest BCUT2D eigenvalue weighted by atomic mass is 16.1. The van der Waals surface area contributed by atoms with Gasteiger partial charge < -0.3 is 5.32 Å². The van der Waals surface area contributed by atoms with Gasteiger partial charge in [-0.25, -0.2) is 0 Å². The minimum Gasteiger partial charge on any atom is -0.322 e. The highest BCUT2D eigenvalue weighted by Gasteiger charge is 2.21. The van der Waals surface area contributed by atoms with Gasteiger partial charge in [-0.1, -0.05) is 38.5 Å². The SMILES string of the molecule is C=C(C)C(=O)Nc1ccc(C2CCC(CCC)CC2)cc1. The van der Waals surface area contributed by atoms with Crippen molar-refractivity contribution in [2.45, 2.75) is 58.3 Å². The molecule has 2 rings (SSSR count). The summed E-state index contributed by atoms with van der Waals surface area (Å²) >= 11 is 0. The summed E-state index contributed by atoms with van der Waals surface area (Å²) in [5.74, 6) is 1.53. The van der Waals surface area contributed by atoms with E-state index in [1.54, 1.807) is 6.92 Å². The molecule has 0 spiro atoms. The van der Waals surface area contributed by atoms with E-state index in [2.05, 4.69) is 31.0 Å². The van der Waals surface area contributed by atoms with Crippen LogP contribution in [0.25, 0.3) is 0 Å². The van der Waals surface area contributed by atoms with Crippen molar-refractivity contribution in [3.05, 3.63) is 42.0 Å². The van der Waals surface area contributed by atoms with E-state index >= 15 is 0 Å². The number of amides is 1. The number of anilines is 1. The van der Waals surface area contributed by atoms with E-state index in [9.17, 15) is 4.79 Å². The monoisotopic (exact) mass is 285 g/mol. The topological polar surface area (TPSA) is 29.1 Å². The minimum absolute atomic E-state index is 0.108. The lowest BCUT2D eigenvalue weighted by Gasteiger charge is -2.28. The van der Waals surface area contributed by atoms with Gasteiger partial charge in [0.05, 0.1) is 0 Å². The first-order chi connectivity index (χ1) is 10.1. The Morgan fingerprint density at radius 1 is 1.19 bits per heavy atom. The Labute approximate surface area is 128 Å². The number of hydrogen-bond acceptors (Lipinski definition) is 1. The van der Waals surface area contributed by atoms with E-state index in [1.807, 2.05) is 12.1 Å². The van der Waals surface area contributed by atoms with Crippen LogP contribution in [-0.2, 0) is 4.79 Å². The molecule has 114 valence electrons. The van der Waals surface area contributed by atoms with Gasteiger partial charge in [0.15, 0.2) is 0 Å². The number of hydrogen-bond donors (Lipinski definition) is 1. The van der Waals surface area contributed by atoms with E-state index in [0.29, 0.717) is 11.5 Å². The Kier molecular flexibility index (Phi) is 5.60. The number of benzene rings is 1. The molecule has 21 heavy (non-hydrogen) atoms. The average molecular weight is 285 g/mol. The molecule has 1 aliphatic rings. The molecule has 0 aliphatic heterocycles. The molecule has 1 saturated carbocycles. The third-order valence-electron chi connectivity index (χ3n) is 4.57. The molecule has 2 nitrogen and oxygen atoms in total. The van der Waals surface area contributed by atoms with Crippen LogP contribution in [0.4, 0.5) is 5.69 Å². The van der Waals surface area contributed by atoms with Crippen molar-refractivity contribution < 1.29 is 4.79 Å². The maximum Gasteiger partial charge on any atom is 0.250 e. The average Bonchev–Trinajstić information content (AvgIpc) is 2.49. The zero-order valence-electron chi connectivity index (χ0n) is 13.3. The molecule has 1 aromatic rings. The Morgan fingerprint density at radius 3 is 2.33 bits per heavy atom. The standard InChI is InChI=1S/C19H27NO/c1-4-5-15-6-8-16(9-7-15)17-10-12-18(13-11-17)20-19(21)14(2)3/h10-13,15-16H,2,4-9H2,1,3H3,(H,20,21). The fraction of sp³-hybridized carbons (Fsp3) is 0.526. The summed E-state index contributed by atoms with van der Waals surface area (Å²) in [5.41, 5.74) is 2.80. The third-order valence-corrected chi connectivity index (χ3v) is 4.57. The molecule has 0 saturated heterocycles. The van der Waals surface area contributed by atoms with Gasteiger partial charge in [0.1, 0.15) is 0 Å². The van der Waals surface area contributed by atoms with Crippen molar-refractivity contribution in [1.29, 1.82) is 0 Å². The van der Waals surface area contributed by atoms with Crippen LogP contribution < -0.4 is 5.32 Å². The van der Waals surface area contributed by atoms with E-state index in [0.717, 1.165) is 11.6 Å². The van der Waals surface area contributed by atoms with Crippen LogP contribution >= 0.6 is 0 Å². The predicted octanol–water partition coefficient (Wildman–Crippen LogP) is 5.28. The quantitative estimate of drug-likeness (QED) is 0.733. The molecule has 0 unspecified atom stereocenters. The number of carbonyl (C=O) groups is 1. The maximum absolute atomic E-state index is 11.6. The number of carbonyl (C=O) groups excluding carboxylic acids is 1. The molecule has 1 amide bonds. The van der Waals surface area contributed by atoms with Gasteiger partial charge >= 0.3 is 0 Å². The van der Waals surface area contributed by atoms with Gasteiger partial charge in [0, 0.05) is 11.3 Å². The van der Waals surface area contributed by atoms with Gasteiger partial charge in [-0.3, -0.25) is 4.79 Å². The molecular formula is C19H27NO. The third kappa shape index (κ3) is 4.45. The molecule has 0 bridgehead atoms. The molecule has 0 heterocycles. The van der Waals surface area contributed by atoms with Gasteiger partial charge in [0.2, 0.25) is 0 Å². The Hall–Kier alpha value is -1.57. The number of nitrogens with one attached hydrogen (secondary N) is 1. The molecule has 0 radical (unpaired) electrons. The number of rotatable bonds is 5. The van der Waals surface area contributed by atoms with E-state index < -0.39 is 0 Å². The molecule has 0 aromatic heterocycles. The zero-order chi connectivity index (χ0) is 15.2. The summed E-state index contributed by atoms with van der Waals surface area (Å²) in [5, 5.41) is 2.86. The van der Waals surface area contributed by atoms with Gasteiger partial charge in [-0.15, -0.1) is 0 Å². The summed E-state index contributed by atoms with van der Waals surface area (Å²) in [6, 6.07) is 8.35. The second-order valence-corrected chi connectivity index (χ2v) is 6.36. The molecule has 1 N–H and O–H groups in total. The van der Waals surface area contributed by atoms with Crippen molar-refractivity contribution in [1.82, 2.24) is 0 Å². The first kappa shape index (κ1) is 15.8. The highest BCUT2D eigenvalue weighted by molar-refractivity contribution is 6.02. The Bertz CT molecular complexity index is 481. The van der Waals surface area contributed by atoms with Crippen LogP contribution in [0, 0.1) is 5.92 Å². The van der Waals surface area contributed by atoms with Gasteiger partial charge in [-0.2, -0.15) is 0 Å². The lowest BCUT2D eigenvalue weighted by molar-refractivity contribution is -0.112. The van der Waals surface area contributed by atoms with Crippen molar-refractivity contribution in [2.75, 3.05) is 5.32 Å². The molecule has 1 aromatic carbocycles. The summed E-state index contributed by atoms with van der Waals surface area (Å²) in [6.07, 6.45) is 8.05. The Balaban J connectivity index is 1.91. The molecule has 1 aliphatic carbocycles. The fourth-order valence-electron chi connectivity index (χ4n) is 3.27. The van der Waals surface area contributed by atoms with Gasteiger partial charge in [0.25, 0.3) is 5.91 Å². The van der Waals surface area contributed by atoms with Crippen molar-refractivity contribution >= 4 is 11.6 Å². The zero-order valence-corrected chi connectivity index (χ0v) is 13.3. The maximum atomic E-state index is 11.6. The normalized spacial score (nSPS) is 21.8. The molecule has 2 heteroatoms. The summed E-state index contributed by atoms with van der Waals surface area (Å²) in [4.78, 5) is 11.6. The lowest BCUT2D eigenvalue weighted by Crippen LogP contribution is -2.14. The summed E-state index contributed by atoms with van der Waals surface area (Å²) in [6.45, 7) is 7.65. The molecular weight excluding hydrogens is 258 g/mol. The van der Waals surface area contributed by atoms with Gasteiger partial charge in [-0.05, 0) is 62.1 Å². The van der Waals surface area contributed by atoms with Crippen molar-refractivity contribution in [3.8, 4) is 0 Å². The first-order valence-corrected chi connectivity index (χ1v) is 8.17. The van der Waals surface area contributed by atoms with Crippen molar-refractivity contribution in [2.24, 2.45) is 5.92 Å². The smallest absolute Gasteiger partial charge is 0.250 e. The van der Waals surface area contributed by atoms with Crippen LogP contribution in [0.15, 0.2) is 36.4 Å². The van der Waals surface area contributed by atoms with Crippen LogP contribution in [0.2, 0.25) is 0 Å². The van der Waals surface area contributed by atoms with E-state index in [4.69, 9.17) is 0 Å². The summed E-state index contributed by atoms with van der Waals surface area (Å²) < 4.78 is 0. The Morgan fingerprint density at radius 2 is 1.81 bits per heavy atom. The second-order valence-electron chi connectivity index (χ2n) is 6.36. The van der Waals surface area contributed by atoms with E-state index in [-0.39, 0.29) is 5.91 Å². The summed E-state index contributed by atoms with van der Waals surface area (Å²) in [7, 11) is 0. The van der Waals surface area contributed by atoms with Crippen LogP contribution in [0.1, 0.15) is 63.9 Å². The van der Waals surface area contributed by atoms with Crippen LogP contribution in [0.5, 0.6) is 0 Å². The second kappa shape index (κ2) is 7.44. The van der Waals surface area contributed by atoms with Crippen LogP contribution in [0.3, 0.4) is 0 Å². The van der Waals surface area contributed by atoms with Crippen LogP contribution in [-0.4, -0.2) is 5.91 Å². The minimum atomic E-state index is -0.108. The lowest BCUT2D eigenvalue weighted by atomic mass is 9.77. The highest BCUT2D eigenvalue weighted by Crippen LogP contribution is 2.37. The van der Waals surface area contributed by atoms with Crippen molar-refractivity contribution in [3.63, 3.8) is 0 Å². The van der Waals surface area contributed by atoms with E-state index in [1.165, 1.54) is 44.1 Å². The first-order valence-electron chi connectivity index (χ1n) is 8.17. The largest absolute Gasteiger partial charge is 0.322 e. The predicted molar refractivity (Wildman–Crippen MR) is 89.5 cm³/mol.